The van der Waals surface area contributed by atoms with E-state index in [9.17, 15) is 8.42 Å². The number of sulfonamides is 1. The molecule has 0 radical (unpaired) electrons. The van der Waals surface area contributed by atoms with Crippen LogP contribution in [0.1, 0.15) is 31.2 Å². The minimum Gasteiger partial charge on any atom is -0.375 e. The summed E-state index contributed by atoms with van der Waals surface area (Å²) in [5, 5.41) is 0. The largest absolute Gasteiger partial charge is 0.375 e. The Morgan fingerprint density at radius 3 is 2.71 bits per heavy atom. The van der Waals surface area contributed by atoms with Gasteiger partial charge in [-0.1, -0.05) is 43.2 Å². The second-order valence-electron chi connectivity index (χ2n) is 5.92. The molecule has 0 unspecified atom stereocenters. The van der Waals surface area contributed by atoms with Crippen molar-refractivity contribution in [3.8, 4) is 0 Å². The summed E-state index contributed by atoms with van der Waals surface area (Å²) in [6.07, 6.45) is 4.88. The van der Waals surface area contributed by atoms with E-state index in [-0.39, 0.29) is 17.9 Å². The Kier molecular flexibility index (Phi) is 4.62. The SMILES string of the molecule is O=S(=O)(CCc1ccccc1)N1CCO[C@@H]2CCCC[C@@H]21. The molecule has 1 aliphatic carbocycles. The number of aryl methyl sites for hydroxylation is 1. The van der Waals surface area contributed by atoms with Crippen molar-refractivity contribution in [1.82, 2.24) is 4.31 Å². The molecule has 2 atom stereocenters. The quantitative estimate of drug-likeness (QED) is 0.856. The van der Waals surface area contributed by atoms with Crippen molar-refractivity contribution in [2.45, 2.75) is 44.2 Å². The molecule has 3 rings (SSSR count). The number of nitrogens with zero attached hydrogens (tertiary/aromatic N) is 1. The Morgan fingerprint density at radius 1 is 1.14 bits per heavy atom. The second kappa shape index (κ2) is 6.46. The van der Waals surface area contributed by atoms with Crippen molar-refractivity contribution in [1.29, 1.82) is 0 Å². The van der Waals surface area contributed by atoms with E-state index in [1.54, 1.807) is 4.31 Å². The zero-order valence-corrected chi connectivity index (χ0v) is 13.1. The topological polar surface area (TPSA) is 46.6 Å². The van der Waals surface area contributed by atoms with E-state index in [0.29, 0.717) is 19.6 Å². The molecule has 1 aromatic rings. The summed E-state index contributed by atoms with van der Waals surface area (Å²) in [7, 11) is -3.20. The van der Waals surface area contributed by atoms with Crippen LogP contribution in [0.15, 0.2) is 30.3 Å². The zero-order valence-electron chi connectivity index (χ0n) is 12.3. The van der Waals surface area contributed by atoms with Crippen LogP contribution in [0, 0.1) is 0 Å². The van der Waals surface area contributed by atoms with Crippen molar-refractivity contribution < 1.29 is 13.2 Å². The highest BCUT2D eigenvalue weighted by molar-refractivity contribution is 7.89. The minimum absolute atomic E-state index is 0.0632. The standard InChI is InChI=1S/C16H23NO3S/c18-21(19,13-10-14-6-2-1-3-7-14)17-11-12-20-16-9-5-4-8-15(16)17/h1-3,6-7,15-16H,4-5,8-13H2/t15-,16+/m0/s1. The average molecular weight is 309 g/mol. The maximum Gasteiger partial charge on any atom is 0.214 e. The lowest BCUT2D eigenvalue weighted by Gasteiger charge is -2.42. The molecule has 5 heteroatoms. The van der Waals surface area contributed by atoms with Gasteiger partial charge in [0.25, 0.3) is 0 Å². The van der Waals surface area contributed by atoms with Gasteiger partial charge < -0.3 is 4.74 Å². The minimum atomic E-state index is -3.20. The fraction of sp³-hybridized carbons (Fsp3) is 0.625. The number of hydrogen-bond donors (Lipinski definition) is 0. The van der Waals surface area contributed by atoms with E-state index in [0.717, 1.165) is 31.2 Å². The molecule has 0 spiro atoms. The van der Waals surface area contributed by atoms with Gasteiger partial charge in [-0.15, -0.1) is 0 Å². The lowest BCUT2D eigenvalue weighted by atomic mass is 9.91. The van der Waals surface area contributed by atoms with Crippen LogP contribution in [0.3, 0.4) is 0 Å². The molecule has 0 aromatic heterocycles. The predicted molar refractivity (Wildman–Crippen MR) is 82.6 cm³/mol. The summed E-state index contributed by atoms with van der Waals surface area (Å²) >= 11 is 0. The summed E-state index contributed by atoms with van der Waals surface area (Å²) in [4.78, 5) is 0. The molecule has 4 nitrogen and oxygen atoms in total. The smallest absolute Gasteiger partial charge is 0.214 e. The van der Waals surface area contributed by atoms with Crippen molar-refractivity contribution in [2.75, 3.05) is 18.9 Å². The number of benzene rings is 1. The van der Waals surface area contributed by atoms with Gasteiger partial charge in [0.05, 0.1) is 24.5 Å². The average Bonchev–Trinajstić information content (AvgIpc) is 2.53. The van der Waals surface area contributed by atoms with Crippen molar-refractivity contribution >= 4 is 10.0 Å². The molecule has 21 heavy (non-hydrogen) atoms. The molecule has 1 saturated heterocycles. The summed E-state index contributed by atoms with van der Waals surface area (Å²) in [5.74, 6) is 0.195. The van der Waals surface area contributed by atoms with Crippen molar-refractivity contribution in [3.63, 3.8) is 0 Å². The lowest BCUT2D eigenvalue weighted by Crippen LogP contribution is -2.55. The molecule has 1 saturated carbocycles. The number of ether oxygens (including phenoxy) is 1. The molecule has 1 aliphatic heterocycles. The van der Waals surface area contributed by atoms with Crippen LogP contribution >= 0.6 is 0 Å². The van der Waals surface area contributed by atoms with Gasteiger partial charge in [-0.3, -0.25) is 0 Å². The Hall–Kier alpha value is -0.910. The normalized spacial score (nSPS) is 27.2. The summed E-state index contributed by atoms with van der Waals surface area (Å²) in [6.45, 7) is 1.05. The first kappa shape index (κ1) is 15.0. The third-order valence-electron chi connectivity index (χ3n) is 4.53. The van der Waals surface area contributed by atoms with Crippen LogP contribution in [0.5, 0.6) is 0 Å². The van der Waals surface area contributed by atoms with E-state index < -0.39 is 10.0 Å². The first-order valence-corrected chi connectivity index (χ1v) is 9.43. The highest BCUT2D eigenvalue weighted by Gasteiger charge is 2.39. The van der Waals surface area contributed by atoms with Crippen LogP contribution in [-0.4, -0.2) is 43.8 Å². The van der Waals surface area contributed by atoms with E-state index in [4.69, 9.17) is 4.74 Å². The van der Waals surface area contributed by atoms with Gasteiger partial charge in [-0.05, 0) is 24.8 Å². The number of rotatable bonds is 4. The van der Waals surface area contributed by atoms with E-state index in [2.05, 4.69) is 0 Å². The molecule has 2 aliphatic rings. The monoisotopic (exact) mass is 309 g/mol. The van der Waals surface area contributed by atoms with E-state index >= 15 is 0 Å². The lowest BCUT2D eigenvalue weighted by molar-refractivity contribution is -0.0585. The van der Waals surface area contributed by atoms with Crippen molar-refractivity contribution in [2.24, 2.45) is 0 Å². The van der Waals surface area contributed by atoms with Gasteiger partial charge in [0, 0.05) is 6.54 Å². The molecule has 116 valence electrons. The summed E-state index contributed by atoms with van der Waals surface area (Å²) in [6, 6.07) is 9.89. The highest BCUT2D eigenvalue weighted by Crippen LogP contribution is 2.30. The molecule has 1 aromatic carbocycles. The summed E-state index contributed by atoms with van der Waals surface area (Å²) in [5.41, 5.74) is 1.08. The fourth-order valence-electron chi connectivity index (χ4n) is 3.42. The molecular weight excluding hydrogens is 286 g/mol. The van der Waals surface area contributed by atoms with Crippen LogP contribution in [-0.2, 0) is 21.2 Å². The number of morpholine rings is 1. The molecule has 0 N–H and O–H groups in total. The van der Waals surface area contributed by atoms with E-state index in [1.807, 2.05) is 30.3 Å². The maximum absolute atomic E-state index is 12.7. The van der Waals surface area contributed by atoms with Crippen LogP contribution in [0.25, 0.3) is 0 Å². The van der Waals surface area contributed by atoms with Crippen LogP contribution < -0.4 is 0 Å². The highest BCUT2D eigenvalue weighted by atomic mass is 32.2. The summed E-state index contributed by atoms with van der Waals surface area (Å²) < 4.78 is 32.9. The second-order valence-corrected chi connectivity index (χ2v) is 7.96. The van der Waals surface area contributed by atoms with Crippen LogP contribution in [0.2, 0.25) is 0 Å². The third-order valence-corrected chi connectivity index (χ3v) is 6.42. The zero-order chi connectivity index (χ0) is 14.7. The van der Waals surface area contributed by atoms with Gasteiger partial charge in [-0.25, -0.2) is 8.42 Å². The third kappa shape index (κ3) is 3.47. The Morgan fingerprint density at radius 2 is 1.90 bits per heavy atom. The van der Waals surface area contributed by atoms with Crippen LogP contribution in [0.4, 0.5) is 0 Å². The Labute approximate surface area is 127 Å². The van der Waals surface area contributed by atoms with Gasteiger partial charge in [0.15, 0.2) is 0 Å². The van der Waals surface area contributed by atoms with E-state index in [1.165, 1.54) is 0 Å². The van der Waals surface area contributed by atoms with Gasteiger partial charge in [-0.2, -0.15) is 4.31 Å². The first-order valence-electron chi connectivity index (χ1n) is 7.82. The van der Waals surface area contributed by atoms with Crippen molar-refractivity contribution in [3.05, 3.63) is 35.9 Å². The maximum atomic E-state index is 12.7. The fourth-order valence-corrected chi connectivity index (χ4v) is 5.15. The molecule has 2 fully saturated rings. The molecule has 0 bridgehead atoms. The van der Waals surface area contributed by atoms with Gasteiger partial charge in [0.2, 0.25) is 10.0 Å². The number of hydrogen-bond acceptors (Lipinski definition) is 3. The van der Waals surface area contributed by atoms with Gasteiger partial charge in [0.1, 0.15) is 0 Å². The number of fused-ring (bicyclic) bond motifs is 1. The predicted octanol–water partition coefficient (Wildman–Crippen LogP) is 2.20. The molecule has 1 heterocycles. The first-order chi connectivity index (χ1) is 10.2. The molecule has 0 amide bonds. The molecular formula is C16H23NO3S. The Balaban J connectivity index is 1.68. The Bertz CT molecular complexity index is 556. The van der Waals surface area contributed by atoms with Gasteiger partial charge >= 0.3 is 0 Å².